The van der Waals surface area contributed by atoms with E-state index >= 15 is 0 Å². The van der Waals surface area contributed by atoms with Crippen molar-refractivity contribution >= 4 is 11.3 Å². The average Bonchev–Trinajstić information content (AvgIpc) is 2.75. The Bertz CT molecular complexity index is 271. The van der Waals surface area contributed by atoms with Crippen molar-refractivity contribution in [1.82, 2.24) is 9.88 Å². The molecule has 2 N–H and O–H groups in total. The third-order valence-corrected chi connectivity index (χ3v) is 3.68. The Hall–Kier alpha value is -0.450. The van der Waals surface area contributed by atoms with E-state index in [-0.39, 0.29) is 0 Å². The summed E-state index contributed by atoms with van der Waals surface area (Å²) < 4.78 is 0. The van der Waals surface area contributed by atoms with Crippen LogP contribution in [0.25, 0.3) is 0 Å². The van der Waals surface area contributed by atoms with Gasteiger partial charge in [0, 0.05) is 30.2 Å². The summed E-state index contributed by atoms with van der Waals surface area (Å²) in [4.78, 5) is 7.92. The molecule has 1 aromatic heterocycles. The molecule has 1 saturated heterocycles. The van der Waals surface area contributed by atoms with Gasteiger partial charge in [-0.15, -0.1) is 11.3 Å². The highest BCUT2D eigenvalue weighted by molar-refractivity contribution is 7.09. The highest BCUT2D eigenvalue weighted by Gasteiger charge is 2.25. The molecule has 0 bridgehead atoms. The molecular formula is C10H17N3S. The van der Waals surface area contributed by atoms with E-state index in [9.17, 15) is 0 Å². The third kappa shape index (κ3) is 2.32. The second kappa shape index (κ2) is 4.38. The molecule has 14 heavy (non-hydrogen) atoms. The zero-order valence-corrected chi connectivity index (χ0v) is 9.33. The molecule has 78 valence electrons. The molecule has 2 atom stereocenters. The number of aromatic nitrogens is 1. The molecule has 1 fully saturated rings. The molecule has 2 rings (SSSR count). The normalized spacial score (nSPS) is 25.4. The van der Waals surface area contributed by atoms with Crippen molar-refractivity contribution in [3.8, 4) is 0 Å². The maximum Gasteiger partial charge on any atom is 0.0794 e. The molecule has 4 heteroatoms. The van der Waals surface area contributed by atoms with Crippen molar-refractivity contribution in [1.29, 1.82) is 0 Å². The van der Waals surface area contributed by atoms with Gasteiger partial charge in [-0.25, -0.2) is 0 Å². The molecule has 0 spiro atoms. The Kier molecular flexibility index (Phi) is 3.15. The van der Waals surface area contributed by atoms with E-state index in [1.807, 2.05) is 11.7 Å². The minimum atomic E-state index is 0.335. The van der Waals surface area contributed by atoms with Gasteiger partial charge in [-0.3, -0.25) is 9.88 Å². The van der Waals surface area contributed by atoms with Crippen LogP contribution in [-0.2, 0) is 6.54 Å². The van der Waals surface area contributed by atoms with Gasteiger partial charge in [0.1, 0.15) is 0 Å². The monoisotopic (exact) mass is 211 g/mol. The van der Waals surface area contributed by atoms with Gasteiger partial charge < -0.3 is 5.73 Å². The van der Waals surface area contributed by atoms with Gasteiger partial charge in [0.15, 0.2) is 0 Å². The number of nitrogens with two attached hydrogens (primary N) is 1. The minimum Gasteiger partial charge on any atom is -0.328 e. The molecule has 1 aromatic rings. The maximum atomic E-state index is 5.90. The number of hydrogen-bond donors (Lipinski definition) is 1. The van der Waals surface area contributed by atoms with E-state index < -0.39 is 0 Å². The van der Waals surface area contributed by atoms with Crippen molar-refractivity contribution in [3.05, 3.63) is 16.6 Å². The first-order chi connectivity index (χ1) is 6.75. The van der Waals surface area contributed by atoms with Gasteiger partial charge >= 0.3 is 0 Å². The third-order valence-electron chi connectivity index (χ3n) is 2.92. The van der Waals surface area contributed by atoms with Crippen LogP contribution in [0.4, 0.5) is 0 Å². The molecule has 0 aromatic carbocycles. The van der Waals surface area contributed by atoms with Gasteiger partial charge in [-0.1, -0.05) is 0 Å². The lowest BCUT2D eigenvalue weighted by atomic mass is 10.0. The van der Waals surface area contributed by atoms with Crippen molar-refractivity contribution < 1.29 is 0 Å². The Balaban J connectivity index is 1.84. The molecule has 0 amide bonds. The van der Waals surface area contributed by atoms with E-state index in [0.29, 0.717) is 12.0 Å². The second-order valence-corrected chi connectivity index (χ2v) is 5.08. The van der Waals surface area contributed by atoms with Crippen LogP contribution in [0.15, 0.2) is 11.7 Å². The molecule has 2 unspecified atom stereocenters. The quantitative estimate of drug-likeness (QED) is 0.819. The summed E-state index contributed by atoms with van der Waals surface area (Å²) in [5.74, 6) is 0.683. The largest absolute Gasteiger partial charge is 0.328 e. The minimum absolute atomic E-state index is 0.335. The van der Waals surface area contributed by atoms with Gasteiger partial charge in [-0.2, -0.15) is 0 Å². The summed E-state index contributed by atoms with van der Waals surface area (Å²) in [7, 11) is 0. The second-order valence-electron chi connectivity index (χ2n) is 4.11. The zero-order valence-electron chi connectivity index (χ0n) is 8.52. The lowest BCUT2D eigenvalue weighted by molar-refractivity contribution is 0.311. The highest BCUT2D eigenvalue weighted by atomic mass is 32.1. The predicted molar refractivity (Wildman–Crippen MR) is 59.1 cm³/mol. The van der Waals surface area contributed by atoms with E-state index in [0.717, 1.165) is 13.1 Å². The van der Waals surface area contributed by atoms with Crippen molar-refractivity contribution in [2.75, 3.05) is 13.1 Å². The number of hydrogen-bond acceptors (Lipinski definition) is 4. The van der Waals surface area contributed by atoms with Gasteiger partial charge in [-0.05, 0) is 25.8 Å². The molecule has 1 aliphatic rings. The lowest BCUT2D eigenvalue weighted by Crippen LogP contribution is -2.29. The Morgan fingerprint density at radius 1 is 1.79 bits per heavy atom. The smallest absolute Gasteiger partial charge is 0.0794 e. The molecule has 3 nitrogen and oxygen atoms in total. The first-order valence-electron chi connectivity index (χ1n) is 5.11. The van der Waals surface area contributed by atoms with Crippen LogP contribution in [0.5, 0.6) is 0 Å². The van der Waals surface area contributed by atoms with E-state index in [4.69, 9.17) is 5.73 Å². The predicted octanol–water partition coefficient (Wildman–Crippen LogP) is 1.31. The number of nitrogens with zero attached hydrogens (tertiary/aromatic N) is 2. The molecule has 0 aliphatic carbocycles. The highest BCUT2D eigenvalue weighted by Crippen LogP contribution is 2.21. The van der Waals surface area contributed by atoms with Crippen LogP contribution in [-0.4, -0.2) is 29.0 Å². The number of thiazole rings is 1. The van der Waals surface area contributed by atoms with E-state index in [1.165, 1.54) is 17.8 Å². The standard InChI is InChI=1S/C10H17N3S/c1-8(11)9-2-3-13(5-9)6-10-4-12-7-14-10/h4,7-9H,2-3,5-6,11H2,1H3. The van der Waals surface area contributed by atoms with Crippen LogP contribution in [0.2, 0.25) is 0 Å². The molecular weight excluding hydrogens is 194 g/mol. The topological polar surface area (TPSA) is 42.1 Å². The van der Waals surface area contributed by atoms with Crippen LogP contribution in [0, 0.1) is 5.92 Å². The summed E-state index contributed by atoms with van der Waals surface area (Å²) in [5.41, 5.74) is 7.79. The van der Waals surface area contributed by atoms with Crippen molar-refractivity contribution in [2.24, 2.45) is 11.7 Å². The fraction of sp³-hybridized carbons (Fsp3) is 0.700. The van der Waals surface area contributed by atoms with Crippen molar-refractivity contribution in [2.45, 2.75) is 25.9 Å². The van der Waals surface area contributed by atoms with Gasteiger partial charge in [0.25, 0.3) is 0 Å². The van der Waals surface area contributed by atoms with Crippen LogP contribution in [0.3, 0.4) is 0 Å². The SMILES string of the molecule is CC(N)C1CCN(Cc2cncs2)C1. The Morgan fingerprint density at radius 2 is 2.64 bits per heavy atom. The van der Waals surface area contributed by atoms with Gasteiger partial charge in [0.05, 0.1) is 5.51 Å². The van der Waals surface area contributed by atoms with E-state index in [2.05, 4.69) is 16.8 Å². The Labute approximate surface area is 88.9 Å². The van der Waals surface area contributed by atoms with Crippen LogP contribution < -0.4 is 5.73 Å². The average molecular weight is 211 g/mol. The summed E-state index contributed by atoms with van der Waals surface area (Å²) >= 11 is 1.74. The number of rotatable bonds is 3. The zero-order chi connectivity index (χ0) is 9.97. The molecule has 1 aliphatic heterocycles. The first kappa shape index (κ1) is 10.1. The first-order valence-corrected chi connectivity index (χ1v) is 5.99. The molecule has 0 radical (unpaired) electrons. The lowest BCUT2D eigenvalue weighted by Gasteiger charge is -2.16. The summed E-state index contributed by atoms with van der Waals surface area (Å²) in [5, 5.41) is 0. The van der Waals surface area contributed by atoms with Crippen LogP contribution in [0.1, 0.15) is 18.2 Å². The summed E-state index contributed by atoms with van der Waals surface area (Å²) in [6, 6.07) is 0.335. The Morgan fingerprint density at radius 3 is 3.21 bits per heavy atom. The maximum absolute atomic E-state index is 5.90. The summed E-state index contributed by atoms with van der Waals surface area (Å²) in [6.45, 7) is 5.49. The van der Waals surface area contributed by atoms with Crippen molar-refractivity contribution in [3.63, 3.8) is 0 Å². The molecule has 2 heterocycles. The fourth-order valence-corrected chi connectivity index (χ4v) is 2.61. The van der Waals surface area contributed by atoms with Crippen LogP contribution >= 0.6 is 11.3 Å². The summed E-state index contributed by atoms with van der Waals surface area (Å²) in [6.07, 6.45) is 3.21. The fourth-order valence-electron chi connectivity index (χ4n) is 1.98. The van der Waals surface area contributed by atoms with Gasteiger partial charge in [0.2, 0.25) is 0 Å². The van der Waals surface area contributed by atoms with E-state index in [1.54, 1.807) is 11.3 Å². The molecule has 0 saturated carbocycles. The number of likely N-dealkylation sites (tertiary alicyclic amines) is 1.